The van der Waals surface area contributed by atoms with Gasteiger partial charge >= 0.3 is 12.2 Å². The van der Waals surface area contributed by atoms with Gasteiger partial charge < -0.3 is 32.5 Å². The zero-order chi connectivity index (χ0) is 29.6. The predicted molar refractivity (Wildman–Crippen MR) is 169 cm³/mol. The fraction of sp³-hybridized carbons (Fsp3) is 0.788. The maximum Gasteiger partial charge on any atom is 0.407 e. The number of carbonyl (C=O) groups is 2. The molecule has 1 saturated heterocycles. The summed E-state index contributed by atoms with van der Waals surface area (Å²) in [5.74, 6) is 1.02. The van der Waals surface area contributed by atoms with E-state index < -0.39 is 6.09 Å². The minimum atomic E-state index is -0.456. The van der Waals surface area contributed by atoms with Gasteiger partial charge in [-0.2, -0.15) is 0 Å². The minimum absolute atomic E-state index is 0. The highest BCUT2D eigenvalue weighted by atomic mass is 35.5. The normalized spacial score (nSPS) is 15.8. The van der Waals surface area contributed by atoms with Crippen LogP contribution in [0.25, 0.3) is 0 Å². The number of unbranched alkanes of at least 4 members (excludes halogenated alkanes) is 15. The lowest BCUT2D eigenvalue weighted by Gasteiger charge is -2.40. The molecule has 1 atom stereocenters. The van der Waals surface area contributed by atoms with E-state index in [1.807, 2.05) is 24.0 Å². The summed E-state index contributed by atoms with van der Waals surface area (Å²) in [7, 11) is 1.37. The molecule has 0 radical (unpaired) electrons. The summed E-state index contributed by atoms with van der Waals surface area (Å²) in [6.07, 6.45) is 23.6. The second kappa shape index (κ2) is 23.7. The average Bonchev–Trinajstić information content (AvgIpc) is 2.97. The van der Waals surface area contributed by atoms with E-state index in [2.05, 4.69) is 35.1 Å². The highest BCUT2D eigenvalue weighted by Crippen LogP contribution is 2.50. The predicted octanol–water partition coefficient (Wildman–Crippen LogP) is 5.17. The van der Waals surface area contributed by atoms with Crippen LogP contribution in [0.15, 0.2) is 18.3 Å². The molecule has 0 bridgehead atoms. The van der Waals surface area contributed by atoms with Crippen molar-refractivity contribution in [2.75, 3.05) is 26.0 Å². The van der Waals surface area contributed by atoms with Gasteiger partial charge in [-0.3, -0.25) is 0 Å². The van der Waals surface area contributed by atoms with Gasteiger partial charge in [-0.1, -0.05) is 103 Å². The molecule has 1 aromatic heterocycles. The van der Waals surface area contributed by atoms with Gasteiger partial charge in [0.15, 0.2) is 6.20 Å². The van der Waals surface area contributed by atoms with Gasteiger partial charge in [0.2, 0.25) is 5.69 Å². The number of aryl methyl sites for hydroxylation is 1. The van der Waals surface area contributed by atoms with Crippen molar-refractivity contribution in [3.63, 3.8) is 0 Å². The molecule has 42 heavy (non-hydrogen) atoms. The lowest BCUT2D eigenvalue weighted by atomic mass is 9.93. The zero-order valence-electron chi connectivity index (χ0n) is 26.7. The molecular formula is C33H58ClN3O4S. The number of amides is 2. The molecule has 242 valence electrons. The zero-order valence-corrected chi connectivity index (χ0v) is 28.2. The van der Waals surface area contributed by atoms with Crippen molar-refractivity contribution in [3.8, 4) is 0 Å². The van der Waals surface area contributed by atoms with E-state index in [1.54, 1.807) is 0 Å². The number of hydrogen-bond donors (Lipinski definition) is 2. The maximum absolute atomic E-state index is 12.5. The number of nitrogens with one attached hydrogen (secondary N) is 2. The van der Waals surface area contributed by atoms with Crippen molar-refractivity contribution >= 4 is 23.9 Å². The first-order valence-corrected chi connectivity index (χ1v) is 17.4. The van der Waals surface area contributed by atoms with E-state index in [9.17, 15) is 9.59 Å². The van der Waals surface area contributed by atoms with E-state index >= 15 is 0 Å². The van der Waals surface area contributed by atoms with Gasteiger partial charge in [0.25, 0.3) is 0 Å². The van der Waals surface area contributed by atoms with Gasteiger partial charge in [0.1, 0.15) is 19.7 Å². The quantitative estimate of drug-likeness (QED) is 0.129. The topological polar surface area (TPSA) is 80.5 Å². The van der Waals surface area contributed by atoms with Gasteiger partial charge in [-0.15, -0.1) is 11.8 Å². The molecule has 1 aliphatic heterocycles. The van der Waals surface area contributed by atoms with Gasteiger partial charge in [0, 0.05) is 18.2 Å². The van der Waals surface area contributed by atoms with Crippen molar-refractivity contribution in [3.05, 3.63) is 29.6 Å². The molecule has 2 amide bonds. The minimum Gasteiger partial charge on any atom is -1.00 e. The van der Waals surface area contributed by atoms with Crippen LogP contribution in [0, 0.1) is 0 Å². The smallest absolute Gasteiger partial charge is 0.407 e. The van der Waals surface area contributed by atoms with Crippen LogP contribution in [0.1, 0.15) is 134 Å². The van der Waals surface area contributed by atoms with Crippen molar-refractivity contribution in [2.24, 2.45) is 0 Å². The molecule has 0 aliphatic carbocycles. The molecule has 0 aromatic carbocycles. The highest BCUT2D eigenvalue weighted by Gasteiger charge is 2.45. The fourth-order valence-electron chi connectivity index (χ4n) is 5.57. The third-order valence-corrected chi connectivity index (χ3v) is 9.73. The summed E-state index contributed by atoms with van der Waals surface area (Å²) >= 11 is 1.81. The van der Waals surface area contributed by atoms with Crippen molar-refractivity contribution in [1.82, 2.24) is 10.6 Å². The number of ether oxygens (including phenoxy) is 2. The molecule has 2 heterocycles. The molecule has 2 rings (SSSR count). The Bertz CT molecular complexity index is 870. The van der Waals surface area contributed by atoms with E-state index in [4.69, 9.17) is 9.47 Å². The molecule has 1 aliphatic rings. The number of methoxy groups -OCH3 is 1. The van der Waals surface area contributed by atoms with Crippen LogP contribution in [-0.4, -0.2) is 38.2 Å². The van der Waals surface area contributed by atoms with Crippen molar-refractivity contribution < 1.29 is 36.0 Å². The van der Waals surface area contributed by atoms with Crippen LogP contribution >= 0.6 is 11.8 Å². The van der Waals surface area contributed by atoms with Gasteiger partial charge in [-0.05, 0) is 31.6 Å². The van der Waals surface area contributed by atoms with E-state index in [-0.39, 0.29) is 23.2 Å². The molecule has 2 N–H and O–H groups in total. The fourth-order valence-corrected chi connectivity index (χ4v) is 6.75. The second-order valence-electron chi connectivity index (χ2n) is 11.4. The van der Waals surface area contributed by atoms with Crippen LogP contribution in [0.5, 0.6) is 0 Å². The third-order valence-electron chi connectivity index (χ3n) is 8.22. The summed E-state index contributed by atoms with van der Waals surface area (Å²) in [6.45, 7) is 6.49. The first kappa shape index (κ1) is 38.4. The molecule has 9 heteroatoms. The molecule has 0 saturated carbocycles. The van der Waals surface area contributed by atoms with Crippen LogP contribution in [0.2, 0.25) is 0 Å². The van der Waals surface area contributed by atoms with Crippen molar-refractivity contribution in [2.45, 2.75) is 141 Å². The van der Waals surface area contributed by atoms with E-state index in [1.165, 1.54) is 97.0 Å². The molecule has 7 nitrogen and oxygen atoms in total. The first-order chi connectivity index (χ1) is 20.1. The molecular weight excluding hydrogens is 570 g/mol. The van der Waals surface area contributed by atoms with Crippen LogP contribution in [0.4, 0.5) is 9.59 Å². The Hall–Kier alpha value is -1.67. The SMILES string of the molecule is CCCCCCCCCCCCCCCCCCNC(=O)OCC1(c2ccc[n+](CC)c2CNC(=O)OC)CCS1.[Cl-]. The van der Waals surface area contributed by atoms with Crippen LogP contribution in [0.3, 0.4) is 0 Å². The average molecular weight is 628 g/mol. The summed E-state index contributed by atoms with van der Waals surface area (Å²) < 4.78 is 12.3. The summed E-state index contributed by atoms with van der Waals surface area (Å²) in [5.41, 5.74) is 2.13. The number of thioether (sulfide) groups is 1. The van der Waals surface area contributed by atoms with Crippen LogP contribution < -0.4 is 27.6 Å². The molecule has 1 unspecified atom stereocenters. The van der Waals surface area contributed by atoms with Gasteiger partial charge in [0.05, 0.1) is 11.9 Å². The Morgan fingerprint density at radius 3 is 1.88 bits per heavy atom. The van der Waals surface area contributed by atoms with Gasteiger partial charge in [-0.25, -0.2) is 14.2 Å². The van der Waals surface area contributed by atoms with E-state index in [0.29, 0.717) is 19.7 Å². The third kappa shape index (κ3) is 14.7. The Balaban J connectivity index is 0.00000882. The highest BCUT2D eigenvalue weighted by molar-refractivity contribution is 8.01. The Labute approximate surface area is 266 Å². The largest absolute Gasteiger partial charge is 1.00 e. The lowest BCUT2D eigenvalue weighted by molar-refractivity contribution is -0.701. The first-order valence-electron chi connectivity index (χ1n) is 16.4. The Kier molecular flexibility index (Phi) is 21.7. The molecule has 1 fully saturated rings. The summed E-state index contributed by atoms with van der Waals surface area (Å²) in [4.78, 5) is 24.2. The number of alkyl carbamates (subject to hydrolysis) is 2. The van der Waals surface area contributed by atoms with Crippen molar-refractivity contribution in [1.29, 1.82) is 0 Å². The number of rotatable bonds is 23. The molecule has 1 aromatic rings. The summed E-state index contributed by atoms with van der Waals surface area (Å²) in [6, 6.07) is 4.11. The second-order valence-corrected chi connectivity index (χ2v) is 12.9. The number of aromatic nitrogens is 1. The monoisotopic (exact) mass is 627 g/mol. The number of halogens is 1. The number of pyridine rings is 1. The molecule has 0 spiro atoms. The number of hydrogen-bond acceptors (Lipinski definition) is 5. The number of nitrogens with zero attached hydrogens (tertiary/aromatic N) is 1. The van der Waals surface area contributed by atoms with Crippen LogP contribution in [-0.2, 0) is 27.3 Å². The lowest BCUT2D eigenvalue weighted by Crippen LogP contribution is -3.00. The Morgan fingerprint density at radius 2 is 1.40 bits per heavy atom. The van der Waals surface area contributed by atoms with E-state index in [0.717, 1.165) is 42.8 Å². The standard InChI is InChI=1S/C33H57N3O4S.ClH/c1-4-6-7-8-9-10-11-12-13-14-15-16-17-18-19-20-24-34-32(38)40-28-33(23-26-41-33)29-22-21-25-36(5-2)30(29)27-35-31(37)39-3;/h21-22,25H,4-20,23-24,26-28H2,1-3H3,(H-,34,35,37,38);1H. The Morgan fingerprint density at radius 1 is 0.857 bits per heavy atom. The summed E-state index contributed by atoms with van der Waals surface area (Å²) in [5, 5.41) is 5.75. The maximum atomic E-state index is 12.5. The number of carbonyl (C=O) groups excluding carboxylic acids is 2.